The van der Waals surface area contributed by atoms with Crippen molar-refractivity contribution in [1.82, 2.24) is 0 Å². The van der Waals surface area contributed by atoms with Crippen molar-refractivity contribution in [1.29, 1.82) is 0 Å². The zero-order valence-corrected chi connectivity index (χ0v) is 10.5. The van der Waals surface area contributed by atoms with E-state index in [1.54, 1.807) is 5.57 Å². The molecule has 3 aliphatic rings. The van der Waals surface area contributed by atoms with Crippen LogP contribution in [0.2, 0.25) is 0 Å². The van der Waals surface area contributed by atoms with Crippen LogP contribution in [0.15, 0.2) is 12.2 Å². The van der Waals surface area contributed by atoms with Crippen molar-refractivity contribution in [2.24, 2.45) is 22.2 Å². The number of rotatable bonds is 0. The highest BCUT2D eigenvalue weighted by atomic mass is 14.7. The van der Waals surface area contributed by atoms with E-state index in [1.165, 1.54) is 38.5 Å². The summed E-state index contributed by atoms with van der Waals surface area (Å²) in [6.45, 7) is 11.8. The Kier molecular flexibility index (Phi) is 1.67. The Hall–Kier alpha value is -0.260. The van der Waals surface area contributed by atoms with Gasteiger partial charge in [0.15, 0.2) is 0 Å². The molecule has 2 bridgehead atoms. The van der Waals surface area contributed by atoms with Gasteiger partial charge in [-0.15, -0.1) is 0 Å². The fraction of sp³-hybridized carbons (Fsp3) is 0.867. The van der Waals surface area contributed by atoms with Gasteiger partial charge in [-0.25, -0.2) is 0 Å². The molecular weight excluding hydrogens is 180 g/mol. The van der Waals surface area contributed by atoms with Crippen LogP contribution in [0.4, 0.5) is 0 Å². The molecule has 15 heavy (non-hydrogen) atoms. The second-order valence-electron chi connectivity index (χ2n) is 7.46. The summed E-state index contributed by atoms with van der Waals surface area (Å²) in [6, 6.07) is 0. The van der Waals surface area contributed by atoms with E-state index in [0.29, 0.717) is 16.2 Å². The van der Waals surface area contributed by atoms with Crippen molar-refractivity contribution in [3.63, 3.8) is 0 Å². The molecule has 3 saturated carbocycles. The van der Waals surface area contributed by atoms with E-state index in [2.05, 4.69) is 27.4 Å². The first-order valence-corrected chi connectivity index (χ1v) is 6.58. The van der Waals surface area contributed by atoms with Crippen molar-refractivity contribution in [2.45, 2.75) is 59.3 Å². The van der Waals surface area contributed by atoms with Crippen LogP contribution in [0.3, 0.4) is 0 Å². The van der Waals surface area contributed by atoms with E-state index < -0.39 is 0 Å². The van der Waals surface area contributed by atoms with Crippen LogP contribution in [0.5, 0.6) is 0 Å². The number of hydrogen-bond acceptors (Lipinski definition) is 0. The molecule has 3 atom stereocenters. The molecule has 84 valence electrons. The van der Waals surface area contributed by atoms with Crippen LogP contribution < -0.4 is 0 Å². The monoisotopic (exact) mass is 204 g/mol. The quantitative estimate of drug-likeness (QED) is 0.507. The Labute approximate surface area is 94.1 Å². The highest BCUT2D eigenvalue weighted by molar-refractivity contribution is 5.30. The lowest BCUT2D eigenvalue weighted by atomic mass is 9.64. The molecule has 0 saturated heterocycles. The summed E-state index contributed by atoms with van der Waals surface area (Å²) in [7, 11) is 0. The molecule has 0 aromatic rings. The van der Waals surface area contributed by atoms with Gasteiger partial charge in [0.1, 0.15) is 0 Å². The maximum atomic E-state index is 4.49. The van der Waals surface area contributed by atoms with Crippen molar-refractivity contribution in [2.75, 3.05) is 0 Å². The topological polar surface area (TPSA) is 0 Å². The van der Waals surface area contributed by atoms with Gasteiger partial charge in [0, 0.05) is 0 Å². The predicted molar refractivity (Wildman–Crippen MR) is 64.7 cm³/mol. The normalized spacial score (nSPS) is 51.9. The van der Waals surface area contributed by atoms with Crippen LogP contribution in [-0.4, -0.2) is 0 Å². The second-order valence-corrected chi connectivity index (χ2v) is 7.46. The predicted octanol–water partition coefficient (Wildman–Crippen LogP) is 4.56. The molecule has 0 heteroatoms. The zero-order chi connectivity index (χ0) is 10.9. The highest BCUT2D eigenvalue weighted by Gasteiger charge is 2.62. The van der Waals surface area contributed by atoms with Crippen LogP contribution in [0.1, 0.15) is 59.3 Å². The fourth-order valence-electron chi connectivity index (χ4n) is 5.27. The summed E-state index contributed by atoms with van der Waals surface area (Å²) in [6.07, 6.45) is 8.69. The Morgan fingerprint density at radius 1 is 1.13 bits per heavy atom. The molecule has 3 unspecified atom stereocenters. The van der Waals surface area contributed by atoms with Crippen LogP contribution in [-0.2, 0) is 0 Å². The third kappa shape index (κ3) is 1.09. The van der Waals surface area contributed by atoms with Gasteiger partial charge in [-0.1, -0.05) is 39.3 Å². The number of hydrogen-bond donors (Lipinski definition) is 0. The van der Waals surface area contributed by atoms with Gasteiger partial charge < -0.3 is 0 Å². The minimum Gasteiger partial charge on any atom is -0.0987 e. The molecule has 1 spiro atoms. The smallest absolute Gasteiger partial charge is 0.00515 e. The molecule has 0 nitrogen and oxygen atoms in total. The van der Waals surface area contributed by atoms with Gasteiger partial charge in [0.05, 0.1) is 0 Å². The molecule has 0 aromatic heterocycles. The summed E-state index contributed by atoms with van der Waals surface area (Å²) in [4.78, 5) is 0. The minimum atomic E-state index is 0.420. The van der Waals surface area contributed by atoms with Crippen molar-refractivity contribution in [3.05, 3.63) is 12.2 Å². The Balaban J connectivity index is 2.04. The highest BCUT2D eigenvalue weighted by Crippen LogP contribution is 2.72. The summed E-state index contributed by atoms with van der Waals surface area (Å²) in [5.41, 5.74) is 3.26. The van der Waals surface area contributed by atoms with Gasteiger partial charge in [-0.05, 0) is 54.3 Å². The summed E-state index contributed by atoms with van der Waals surface area (Å²) in [5.74, 6) is 0.965. The fourth-order valence-corrected chi connectivity index (χ4v) is 5.27. The van der Waals surface area contributed by atoms with Crippen molar-refractivity contribution < 1.29 is 0 Å². The Morgan fingerprint density at radius 3 is 2.60 bits per heavy atom. The maximum Gasteiger partial charge on any atom is -0.00515 e. The van der Waals surface area contributed by atoms with E-state index >= 15 is 0 Å². The SMILES string of the molecule is C=C1C(C)(C)CC2CC3(C)CCCC12C3. The van der Waals surface area contributed by atoms with Crippen molar-refractivity contribution in [3.8, 4) is 0 Å². The van der Waals surface area contributed by atoms with Gasteiger partial charge in [0.2, 0.25) is 0 Å². The molecule has 3 fully saturated rings. The minimum absolute atomic E-state index is 0.420. The summed E-state index contributed by atoms with van der Waals surface area (Å²) >= 11 is 0. The van der Waals surface area contributed by atoms with Crippen molar-refractivity contribution >= 4 is 0 Å². The lowest BCUT2D eigenvalue weighted by Gasteiger charge is -2.40. The average molecular weight is 204 g/mol. The Bertz CT molecular complexity index is 325. The summed E-state index contributed by atoms with van der Waals surface area (Å²) < 4.78 is 0. The third-order valence-corrected chi connectivity index (χ3v) is 5.84. The number of allylic oxidation sites excluding steroid dienone is 1. The molecule has 0 heterocycles. The number of fused-ring (bicyclic) bond motifs is 1. The second kappa shape index (κ2) is 2.52. The summed E-state index contributed by atoms with van der Waals surface area (Å²) in [5, 5.41) is 0. The molecule has 0 amide bonds. The van der Waals surface area contributed by atoms with E-state index in [4.69, 9.17) is 0 Å². The first kappa shape index (κ1) is 9.93. The van der Waals surface area contributed by atoms with E-state index in [1.807, 2.05) is 0 Å². The molecule has 0 aliphatic heterocycles. The van der Waals surface area contributed by atoms with E-state index in [0.717, 1.165) is 5.92 Å². The first-order chi connectivity index (χ1) is 6.88. The maximum absolute atomic E-state index is 4.49. The lowest BCUT2D eigenvalue weighted by Crippen LogP contribution is -2.29. The van der Waals surface area contributed by atoms with Gasteiger partial charge in [-0.3, -0.25) is 0 Å². The lowest BCUT2D eigenvalue weighted by molar-refractivity contribution is 0.175. The van der Waals surface area contributed by atoms with E-state index in [9.17, 15) is 0 Å². The van der Waals surface area contributed by atoms with Crippen LogP contribution >= 0.6 is 0 Å². The molecule has 0 aromatic carbocycles. The molecule has 3 aliphatic carbocycles. The molecule has 3 rings (SSSR count). The van der Waals surface area contributed by atoms with E-state index in [-0.39, 0.29) is 0 Å². The van der Waals surface area contributed by atoms with Gasteiger partial charge >= 0.3 is 0 Å². The first-order valence-electron chi connectivity index (χ1n) is 6.58. The average Bonchev–Trinajstić information content (AvgIpc) is 2.40. The third-order valence-electron chi connectivity index (χ3n) is 5.84. The van der Waals surface area contributed by atoms with Crippen LogP contribution in [0, 0.1) is 22.2 Å². The molecule has 0 radical (unpaired) electrons. The molecule has 0 N–H and O–H groups in total. The standard InChI is InChI=1S/C15H24/c1-11-13(2,3)8-12-9-14(4)6-5-7-15(11,12)10-14/h12H,1,5-10H2,2-4H3. The molecular formula is C15H24. The van der Waals surface area contributed by atoms with Gasteiger partial charge in [-0.2, -0.15) is 0 Å². The zero-order valence-electron chi connectivity index (χ0n) is 10.5. The Morgan fingerprint density at radius 2 is 1.87 bits per heavy atom. The largest absolute Gasteiger partial charge is 0.0987 e. The van der Waals surface area contributed by atoms with Gasteiger partial charge in [0.25, 0.3) is 0 Å². The van der Waals surface area contributed by atoms with Crippen LogP contribution in [0.25, 0.3) is 0 Å².